The van der Waals surface area contributed by atoms with Crippen molar-refractivity contribution in [3.63, 3.8) is 0 Å². The van der Waals surface area contributed by atoms with Crippen LogP contribution in [0.15, 0.2) is 67.7 Å². The van der Waals surface area contributed by atoms with Gasteiger partial charge in [0.1, 0.15) is 0 Å². The number of hydrogen-bond donors (Lipinski definition) is 2. The second kappa shape index (κ2) is 11.1. The number of nitrogens with zero attached hydrogens (tertiary/aromatic N) is 6. The third-order valence-corrected chi connectivity index (χ3v) is 5.91. The van der Waals surface area contributed by atoms with Crippen molar-refractivity contribution >= 4 is 62.1 Å². The fourth-order valence-corrected chi connectivity index (χ4v) is 3.62. The number of nitrogens with one attached hydrogen (secondary N) is 2. The fourth-order valence-electron chi connectivity index (χ4n) is 2.85. The summed E-state index contributed by atoms with van der Waals surface area (Å²) in [5, 5.41) is 8.53. The first-order valence-corrected chi connectivity index (χ1v) is 11.4. The minimum atomic E-state index is 0.309. The summed E-state index contributed by atoms with van der Waals surface area (Å²) in [7, 11) is 0. The molecule has 0 bridgehead atoms. The van der Waals surface area contributed by atoms with Crippen molar-refractivity contribution in [1.82, 2.24) is 15.0 Å². The summed E-state index contributed by atoms with van der Waals surface area (Å²) >= 11 is 7.01. The number of ether oxygens (including phenoxy) is 1. The van der Waals surface area contributed by atoms with E-state index in [-0.39, 0.29) is 0 Å². The summed E-state index contributed by atoms with van der Waals surface area (Å²) in [6, 6.07) is 15.6. The Hall–Kier alpha value is -2.89. The van der Waals surface area contributed by atoms with Crippen LogP contribution in [0.25, 0.3) is 0 Å². The van der Waals surface area contributed by atoms with E-state index in [0.717, 1.165) is 20.1 Å². The van der Waals surface area contributed by atoms with Gasteiger partial charge in [0.05, 0.1) is 25.6 Å². The van der Waals surface area contributed by atoms with Crippen LogP contribution in [-0.4, -0.2) is 53.7 Å². The molecule has 2 aromatic carbocycles. The minimum Gasteiger partial charge on any atom is -0.378 e. The second-order valence-corrected chi connectivity index (χ2v) is 8.37. The SMILES string of the molecule is Brc1ccccc1/C=N/Nc1nc(N/N=C/c2ccccc2Br)nc(N2CCOCC2)n1. The Morgan fingerprint density at radius 2 is 1.28 bits per heavy atom. The molecular weight excluding hydrogens is 540 g/mol. The first-order chi connectivity index (χ1) is 15.7. The van der Waals surface area contributed by atoms with Gasteiger partial charge in [0.25, 0.3) is 0 Å². The van der Waals surface area contributed by atoms with Gasteiger partial charge in [-0.25, -0.2) is 10.9 Å². The molecule has 0 radical (unpaired) electrons. The van der Waals surface area contributed by atoms with Crippen LogP contribution in [0.1, 0.15) is 11.1 Å². The molecule has 1 aromatic heterocycles. The Balaban J connectivity index is 1.53. The van der Waals surface area contributed by atoms with Gasteiger partial charge < -0.3 is 9.64 Å². The van der Waals surface area contributed by atoms with Gasteiger partial charge in [0.2, 0.25) is 17.8 Å². The fraction of sp³-hybridized carbons (Fsp3) is 0.190. The molecule has 11 heteroatoms. The Kier molecular flexibility index (Phi) is 7.75. The molecular formula is C21H20Br2N8O. The van der Waals surface area contributed by atoms with E-state index >= 15 is 0 Å². The Bertz CT molecular complexity index is 1040. The van der Waals surface area contributed by atoms with E-state index in [0.29, 0.717) is 44.1 Å². The van der Waals surface area contributed by atoms with Gasteiger partial charge >= 0.3 is 0 Å². The Morgan fingerprint density at radius 1 is 0.781 bits per heavy atom. The molecule has 0 atom stereocenters. The molecule has 1 fully saturated rings. The molecule has 9 nitrogen and oxygen atoms in total. The average molecular weight is 560 g/mol. The van der Waals surface area contributed by atoms with Crippen LogP contribution in [0, 0.1) is 0 Å². The molecule has 1 aliphatic heterocycles. The number of hydrazone groups is 2. The molecule has 3 aromatic rings. The zero-order chi connectivity index (χ0) is 22.2. The van der Waals surface area contributed by atoms with Crippen LogP contribution in [0.5, 0.6) is 0 Å². The van der Waals surface area contributed by atoms with Crippen LogP contribution in [-0.2, 0) is 4.74 Å². The predicted octanol–water partition coefficient (Wildman–Crippen LogP) is 4.13. The maximum atomic E-state index is 5.43. The van der Waals surface area contributed by atoms with Crippen LogP contribution in [0.4, 0.5) is 17.8 Å². The van der Waals surface area contributed by atoms with Crippen LogP contribution >= 0.6 is 31.9 Å². The Morgan fingerprint density at radius 3 is 1.78 bits per heavy atom. The largest absolute Gasteiger partial charge is 0.378 e. The third-order valence-electron chi connectivity index (χ3n) is 4.46. The highest BCUT2D eigenvalue weighted by atomic mass is 79.9. The highest BCUT2D eigenvalue weighted by molar-refractivity contribution is 9.10. The molecule has 1 saturated heterocycles. The highest BCUT2D eigenvalue weighted by Crippen LogP contribution is 2.17. The maximum absolute atomic E-state index is 5.43. The lowest BCUT2D eigenvalue weighted by Gasteiger charge is -2.26. The molecule has 0 amide bonds. The van der Waals surface area contributed by atoms with Crippen molar-refractivity contribution in [3.05, 3.63) is 68.6 Å². The molecule has 0 aliphatic carbocycles. The van der Waals surface area contributed by atoms with Crippen molar-refractivity contribution in [2.75, 3.05) is 42.1 Å². The van der Waals surface area contributed by atoms with Gasteiger partial charge in [-0.1, -0.05) is 68.3 Å². The molecule has 2 N–H and O–H groups in total. The van der Waals surface area contributed by atoms with E-state index in [1.165, 1.54) is 0 Å². The normalized spacial score (nSPS) is 14.2. The van der Waals surface area contributed by atoms with E-state index < -0.39 is 0 Å². The first-order valence-electron chi connectivity index (χ1n) is 9.85. The lowest BCUT2D eigenvalue weighted by molar-refractivity contribution is 0.122. The van der Waals surface area contributed by atoms with Gasteiger partial charge in [0, 0.05) is 33.2 Å². The highest BCUT2D eigenvalue weighted by Gasteiger charge is 2.16. The van der Waals surface area contributed by atoms with E-state index in [4.69, 9.17) is 4.74 Å². The summed E-state index contributed by atoms with van der Waals surface area (Å²) in [6.45, 7) is 2.64. The van der Waals surface area contributed by atoms with Gasteiger partial charge in [-0.05, 0) is 12.1 Å². The number of rotatable bonds is 7. The van der Waals surface area contributed by atoms with Crippen molar-refractivity contribution in [2.24, 2.45) is 10.2 Å². The lowest BCUT2D eigenvalue weighted by Crippen LogP contribution is -2.37. The van der Waals surface area contributed by atoms with Gasteiger partial charge in [-0.2, -0.15) is 25.2 Å². The van der Waals surface area contributed by atoms with Crippen molar-refractivity contribution < 1.29 is 4.74 Å². The summed E-state index contributed by atoms with van der Waals surface area (Å²) in [4.78, 5) is 15.4. The average Bonchev–Trinajstić information content (AvgIpc) is 2.82. The summed E-state index contributed by atoms with van der Waals surface area (Å²) in [5.74, 6) is 1.15. The van der Waals surface area contributed by atoms with Crippen molar-refractivity contribution in [2.45, 2.75) is 0 Å². The number of morpholine rings is 1. The molecule has 2 heterocycles. The Labute approximate surface area is 202 Å². The van der Waals surface area contributed by atoms with Crippen LogP contribution < -0.4 is 15.8 Å². The second-order valence-electron chi connectivity index (χ2n) is 6.67. The van der Waals surface area contributed by atoms with E-state index in [1.54, 1.807) is 12.4 Å². The van der Waals surface area contributed by atoms with Crippen molar-refractivity contribution in [1.29, 1.82) is 0 Å². The number of hydrogen-bond acceptors (Lipinski definition) is 9. The number of anilines is 3. The van der Waals surface area contributed by atoms with Crippen molar-refractivity contribution in [3.8, 4) is 0 Å². The van der Waals surface area contributed by atoms with Gasteiger partial charge in [0.15, 0.2) is 0 Å². The van der Waals surface area contributed by atoms with E-state index in [2.05, 4.69) is 67.9 Å². The minimum absolute atomic E-state index is 0.309. The summed E-state index contributed by atoms with van der Waals surface area (Å²) in [6.07, 6.45) is 3.39. The molecule has 4 rings (SSSR count). The topological polar surface area (TPSA) is 99.9 Å². The van der Waals surface area contributed by atoms with E-state index in [9.17, 15) is 0 Å². The molecule has 32 heavy (non-hydrogen) atoms. The van der Waals surface area contributed by atoms with E-state index in [1.807, 2.05) is 53.4 Å². The molecule has 164 valence electrons. The predicted molar refractivity (Wildman–Crippen MR) is 134 cm³/mol. The lowest BCUT2D eigenvalue weighted by atomic mass is 10.2. The summed E-state index contributed by atoms with van der Waals surface area (Å²) < 4.78 is 7.32. The number of aromatic nitrogens is 3. The zero-order valence-corrected chi connectivity index (χ0v) is 20.1. The quantitative estimate of drug-likeness (QED) is 0.331. The third kappa shape index (κ3) is 6.09. The van der Waals surface area contributed by atoms with Crippen LogP contribution in [0.3, 0.4) is 0 Å². The van der Waals surface area contributed by atoms with Gasteiger partial charge in [-0.15, -0.1) is 0 Å². The van der Waals surface area contributed by atoms with Gasteiger partial charge in [-0.3, -0.25) is 0 Å². The molecule has 0 saturated carbocycles. The molecule has 0 unspecified atom stereocenters. The monoisotopic (exact) mass is 558 g/mol. The first kappa shape index (κ1) is 22.3. The maximum Gasteiger partial charge on any atom is 0.250 e. The molecule has 0 spiro atoms. The smallest absolute Gasteiger partial charge is 0.250 e. The summed E-state index contributed by atoms with van der Waals surface area (Å²) in [5.41, 5.74) is 7.63. The zero-order valence-electron chi connectivity index (χ0n) is 16.9. The molecule has 1 aliphatic rings. The number of benzene rings is 2. The number of halogens is 2. The van der Waals surface area contributed by atoms with Crippen LogP contribution in [0.2, 0.25) is 0 Å². The standard InChI is InChI=1S/C21H20Br2N8O/c22-17-7-3-1-5-15(17)13-24-29-19-26-20(28-21(27-19)31-9-11-32-12-10-31)30-25-14-16-6-2-4-8-18(16)23/h1-8,13-14H,9-12H2,(H2,26,27,28,29,30)/b24-13+,25-14+.